The lowest BCUT2D eigenvalue weighted by molar-refractivity contribution is -0.387. The summed E-state index contributed by atoms with van der Waals surface area (Å²) in [6, 6.07) is 8.39. The van der Waals surface area contributed by atoms with Crippen LogP contribution in [0.2, 0.25) is 0 Å². The van der Waals surface area contributed by atoms with Gasteiger partial charge in [-0.2, -0.15) is 4.39 Å². The molecule has 0 unspecified atom stereocenters. The van der Waals surface area contributed by atoms with Crippen LogP contribution >= 0.6 is 0 Å². The smallest absolute Gasteiger partial charge is 0.305 e. The van der Waals surface area contributed by atoms with Crippen LogP contribution < -0.4 is 0 Å². The predicted octanol–water partition coefficient (Wildman–Crippen LogP) is 2.40. The number of benzene rings is 1. The Kier molecular flexibility index (Phi) is 4.22. The largest absolute Gasteiger partial charge is 0.336 e. The minimum Gasteiger partial charge on any atom is -0.336 e. The highest BCUT2D eigenvalue weighted by Gasteiger charge is 2.19. The first-order valence-electron chi connectivity index (χ1n) is 6.08. The molecule has 21 heavy (non-hydrogen) atoms. The van der Waals surface area contributed by atoms with E-state index in [-0.39, 0.29) is 12.1 Å². The van der Waals surface area contributed by atoms with Crippen molar-refractivity contribution >= 4 is 11.6 Å². The van der Waals surface area contributed by atoms with Crippen molar-refractivity contribution in [2.24, 2.45) is 0 Å². The monoisotopic (exact) mass is 289 g/mol. The molecule has 1 aromatic heterocycles. The third-order valence-corrected chi connectivity index (χ3v) is 2.86. The highest BCUT2D eigenvalue weighted by Crippen LogP contribution is 2.19. The lowest BCUT2D eigenvalue weighted by atomic mass is 10.1. The molecule has 108 valence electrons. The molecule has 0 saturated heterocycles. The van der Waals surface area contributed by atoms with Crippen LogP contribution in [0.5, 0.6) is 0 Å². The quantitative estimate of drug-likeness (QED) is 0.639. The number of halogens is 1. The third kappa shape index (κ3) is 3.38. The maximum absolute atomic E-state index is 13.3. The number of hydrogen-bond donors (Lipinski definition) is 0. The van der Waals surface area contributed by atoms with Gasteiger partial charge in [0.05, 0.1) is 17.2 Å². The fourth-order valence-corrected chi connectivity index (χ4v) is 1.81. The van der Waals surface area contributed by atoms with Crippen LogP contribution in [0.3, 0.4) is 0 Å². The minimum atomic E-state index is -0.969. The Morgan fingerprint density at radius 1 is 1.38 bits per heavy atom. The lowest BCUT2D eigenvalue weighted by Gasteiger charge is -2.16. The van der Waals surface area contributed by atoms with Gasteiger partial charge in [0.2, 0.25) is 5.82 Å². The summed E-state index contributed by atoms with van der Waals surface area (Å²) in [6.07, 6.45) is 1.61. The highest BCUT2D eigenvalue weighted by atomic mass is 19.1. The number of amides is 1. The van der Waals surface area contributed by atoms with Crippen molar-refractivity contribution in [1.29, 1.82) is 0 Å². The molecule has 1 aromatic carbocycles. The van der Waals surface area contributed by atoms with Gasteiger partial charge in [0.1, 0.15) is 0 Å². The summed E-state index contributed by atoms with van der Waals surface area (Å²) in [4.78, 5) is 27.5. The molecule has 2 rings (SSSR count). The Labute approximate surface area is 120 Å². The van der Waals surface area contributed by atoms with E-state index in [1.54, 1.807) is 31.4 Å². The number of carbonyl (C=O) groups is 1. The summed E-state index contributed by atoms with van der Waals surface area (Å²) >= 11 is 0. The molecule has 0 N–H and O–H groups in total. The third-order valence-electron chi connectivity index (χ3n) is 2.86. The molecule has 6 nitrogen and oxygen atoms in total. The molecule has 7 heteroatoms. The van der Waals surface area contributed by atoms with Crippen LogP contribution in [0.1, 0.15) is 16.1 Å². The normalized spacial score (nSPS) is 10.2. The van der Waals surface area contributed by atoms with Gasteiger partial charge >= 0.3 is 5.69 Å². The van der Waals surface area contributed by atoms with Crippen molar-refractivity contribution in [2.45, 2.75) is 6.54 Å². The molecule has 0 aliphatic rings. The Morgan fingerprint density at radius 3 is 2.76 bits per heavy atom. The van der Waals surface area contributed by atoms with Gasteiger partial charge in [-0.25, -0.2) is 0 Å². The number of nitro benzene ring substituents is 1. The van der Waals surface area contributed by atoms with E-state index in [4.69, 9.17) is 0 Å². The first-order chi connectivity index (χ1) is 9.99. The SMILES string of the molecule is CN(Cc1ccccn1)C(=O)c1ccc(F)c([N+](=O)[O-])c1. The molecule has 0 aliphatic heterocycles. The van der Waals surface area contributed by atoms with Crippen LogP contribution in [0.15, 0.2) is 42.6 Å². The number of rotatable bonds is 4. The predicted molar refractivity (Wildman–Crippen MR) is 73.1 cm³/mol. The second kappa shape index (κ2) is 6.08. The average Bonchev–Trinajstić information content (AvgIpc) is 2.47. The Hall–Kier alpha value is -2.83. The summed E-state index contributed by atoms with van der Waals surface area (Å²) in [7, 11) is 1.55. The van der Waals surface area contributed by atoms with E-state index in [1.165, 1.54) is 11.0 Å². The van der Waals surface area contributed by atoms with E-state index in [0.29, 0.717) is 5.69 Å². The van der Waals surface area contributed by atoms with E-state index in [2.05, 4.69) is 4.98 Å². The number of hydrogen-bond acceptors (Lipinski definition) is 4. The van der Waals surface area contributed by atoms with Crippen LogP contribution in [-0.2, 0) is 6.54 Å². The van der Waals surface area contributed by atoms with Crippen LogP contribution in [-0.4, -0.2) is 27.8 Å². The van der Waals surface area contributed by atoms with E-state index >= 15 is 0 Å². The maximum atomic E-state index is 13.3. The van der Waals surface area contributed by atoms with E-state index in [1.807, 2.05) is 0 Å². The molecule has 0 fully saturated rings. The minimum absolute atomic E-state index is 0.0570. The number of nitrogens with zero attached hydrogens (tertiary/aromatic N) is 3. The van der Waals surface area contributed by atoms with E-state index in [0.717, 1.165) is 12.1 Å². The molecular weight excluding hydrogens is 277 g/mol. The van der Waals surface area contributed by atoms with Crippen molar-refractivity contribution in [3.63, 3.8) is 0 Å². The topological polar surface area (TPSA) is 76.3 Å². The number of aromatic nitrogens is 1. The molecule has 0 saturated carbocycles. The van der Waals surface area contributed by atoms with Gasteiger partial charge in [-0.3, -0.25) is 19.9 Å². The summed E-state index contributed by atoms with van der Waals surface area (Å²) in [5, 5.41) is 10.7. The Morgan fingerprint density at radius 2 is 2.14 bits per heavy atom. The molecule has 1 heterocycles. The summed E-state index contributed by atoms with van der Waals surface area (Å²) in [5.74, 6) is -1.41. The first-order valence-corrected chi connectivity index (χ1v) is 6.08. The van der Waals surface area contributed by atoms with Crippen molar-refractivity contribution in [3.05, 3.63) is 69.8 Å². The average molecular weight is 289 g/mol. The van der Waals surface area contributed by atoms with E-state index in [9.17, 15) is 19.3 Å². The second-order valence-corrected chi connectivity index (χ2v) is 4.41. The van der Waals surface area contributed by atoms with Crippen LogP contribution in [0, 0.1) is 15.9 Å². The number of nitro groups is 1. The second-order valence-electron chi connectivity index (χ2n) is 4.41. The zero-order chi connectivity index (χ0) is 15.4. The fourth-order valence-electron chi connectivity index (χ4n) is 1.81. The molecule has 0 aliphatic carbocycles. The Bertz CT molecular complexity index is 676. The van der Waals surface area contributed by atoms with Crippen LogP contribution in [0.25, 0.3) is 0 Å². The molecule has 0 atom stereocenters. The molecular formula is C14H12FN3O3. The molecule has 2 aromatic rings. The van der Waals surface area contributed by atoms with Gasteiger partial charge < -0.3 is 4.90 Å². The van der Waals surface area contributed by atoms with Crippen molar-refractivity contribution < 1.29 is 14.1 Å². The summed E-state index contributed by atoms with van der Waals surface area (Å²) < 4.78 is 13.3. The van der Waals surface area contributed by atoms with Crippen molar-refractivity contribution in [2.75, 3.05) is 7.05 Å². The van der Waals surface area contributed by atoms with Gasteiger partial charge in [0, 0.05) is 24.9 Å². The molecule has 0 radical (unpaired) electrons. The molecule has 0 spiro atoms. The maximum Gasteiger partial charge on any atom is 0.305 e. The molecule has 1 amide bonds. The highest BCUT2D eigenvalue weighted by molar-refractivity contribution is 5.94. The van der Waals surface area contributed by atoms with Crippen molar-refractivity contribution in [1.82, 2.24) is 9.88 Å². The van der Waals surface area contributed by atoms with Gasteiger partial charge in [-0.1, -0.05) is 6.07 Å². The fraction of sp³-hybridized carbons (Fsp3) is 0.143. The summed E-state index contributed by atoms with van der Waals surface area (Å²) in [6.45, 7) is 0.255. The first kappa shape index (κ1) is 14.6. The summed E-state index contributed by atoms with van der Waals surface area (Å²) in [5.41, 5.74) is 0.0265. The van der Waals surface area contributed by atoms with Gasteiger partial charge in [0.15, 0.2) is 0 Å². The van der Waals surface area contributed by atoms with Gasteiger partial charge in [-0.05, 0) is 24.3 Å². The van der Waals surface area contributed by atoms with E-state index < -0.39 is 22.3 Å². The number of pyridine rings is 1. The standard InChI is InChI=1S/C14H12FN3O3/c1-17(9-11-4-2-3-7-16-11)14(19)10-5-6-12(15)13(8-10)18(20)21/h2-8H,9H2,1H3. The number of carbonyl (C=O) groups excluding carboxylic acids is 1. The lowest BCUT2D eigenvalue weighted by Crippen LogP contribution is -2.26. The molecule has 0 bridgehead atoms. The van der Waals surface area contributed by atoms with Gasteiger partial charge in [-0.15, -0.1) is 0 Å². The zero-order valence-corrected chi connectivity index (χ0v) is 11.2. The Balaban J connectivity index is 2.20. The zero-order valence-electron chi connectivity index (χ0n) is 11.2. The van der Waals surface area contributed by atoms with Gasteiger partial charge in [0.25, 0.3) is 5.91 Å². The van der Waals surface area contributed by atoms with Crippen LogP contribution in [0.4, 0.5) is 10.1 Å². The van der Waals surface area contributed by atoms with Crippen molar-refractivity contribution in [3.8, 4) is 0 Å².